The lowest BCUT2D eigenvalue weighted by Crippen LogP contribution is -2.39. The van der Waals surface area contributed by atoms with E-state index in [2.05, 4.69) is 0 Å². The normalized spacial score (nSPS) is 33.2. The first-order valence-corrected chi connectivity index (χ1v) is 6.68. The predicted octanol–water partition coefficient (Wildman–Crippen LogP) is 2.65. The maximum atomic E-state index is 13.0. The number of hydrogen-bond donors (Lipinski definition) is 0. The van der Waals surface area contributed by atoms with Crippen molar-refractivity contribution < 1.29 is 18.7 Å². The van der Waals surface area contributed by atoms with Crippen LogP contribution < -0.4 is 0 Å². The van der Waals surface area contributed by atoms with Crippen molar-refractivity contribution in [3.05, 3.63) is 35.6 Å². The van der Waals surface area contributed by atoms with Gasteiger partial charge in [0.25, 0.3) is 0 Å². The summed E-state index contributed by atoms with van der Waals surface area (Å²) in [7, 11) is 1.41. The minimum atomic E-state index is -0.269. The molecule has 102 valence electrons. The van der Waals surface area contributed by atoms with E-state index in [9.17, 15) is 9.18 Å². The highest BCUT2D eigenvalue weighted by Gasteiger charge is 2.47. The molecule has 4 heteroatoms. The standard InChI is InChI=1S/C15H17FO3/c1-18-15(17)14-12(8-11-6-7-13(14)19-11)9-2-4-10(16)5-3-9/h2-5,11-14H,6-8H2,1H3/t11?,12-,13+,14-/m0/s1. The largest absolute Gasteiger partial charge is 0.469 e. The van der Waals surface area contributed by atoms with Crippen molar-refractivity contribution in [3.63, 3.8) is 0 Å². The second-order valence-electron chi connectivity index (χ2n) is 5.32. The van der Waals surface area contributed by atoms with Crippen LogP contribution in [0.5, 0.6) is 0 Å². The number of benzene rings is 1. The van der Waals surface area contributed by atoms with Crippen LogP contribution in [0.1, 0.15) is 30.7 Å². The third kappa shape index (κ3) is 2.25. The van der Waals surface area contributed by atoms with Gasteiger partial charge in [-0.3, -0.25) is 4.79 Å². The molecule has 0 aliphatic carbocycles. The van der Waals surface area contributed by atoms with Gasteiger partial charge in [0.2, 0.25) is 0 Å². The van der Waals surface area contributed by atoms with Gasteiger partial charge in [0.1, 0.15) is 5.82 Å². The van der Waals surface area contributed by atoms with E-state index in [0.717, 1.165) is 24.8 Å². The zero-order valence-corrected chi connectivity index (χ0v) is 10.8. The number of halogens is 1. The summed E-state index contributed by atoms with van der Waals surface area (Å²) in [6, 6.07) is 6.42. The van der Waals surface area contributed by atoms with Crippen LogP contribution in [-0.4, -0.2) is 25.3 Å². The molecule has 19 heavy (non-hydrogen) atoms. The van der Waals surface area contributed by atoms with E-state index in [4.69, 9.17) is 9.47 Å². The van der Waals surface area contributed by atoms with E-state index < -0.39 is 0 Å². The molecular formula is C15H17FO3. The molecule has 2 aliphatic heterocycles. The van der Waals surface area contributed by atoms with Crippen molar-refractivity contribution >= 4 is 5.97 Å². The Morgan fingerprint density at radius 3 is 2.74 bits per heavy atom. The molecule has 2 aliphatic rings. The average molecular weight is 264 g/mol. The van der Waals surface area contributed by atoms with E-state index in [0.29, 0.717) is 0 Å². The van der Waals surface area contributed by atoms with E-state index in [-0.39, 0.29) is 35.8 Å². The van der Waals surface area contributed by atoms with Crippen molar-refractivity contribution in [2.45, 2.75) is 37.4 Å². The molecule has 0 spiro atoms. The maximum Gasteiger partial charge on any atom is 0.311 e. The Bertz CT molecular complexity index is 471. The number of rotatable bonds is 2. The molecule has 2 fully saturated rings. The van der Waals surface area contributed by atoms with Crippen LogP contribution in [0.15, 0.2) is 24.3 Å². The molecule has 1 unspecified atom stereocenters. The summed E-state index contributed by atoms with van der Waals surface area (Å²) in [5.74, 6) is -0.679. The lowest BCUT2D eigenvalue weighted by Gasteiger charge is -2.35. The maximum absolute atomic E-state index is 13.0. The second-order valence-corrected chi connectivity index (χ2v) is 5.32. The van der Waals surface area contributed by atoms with Crippen LogP contribution in [0.25, 0.3) is 0 Å². The number of esters is 1. The van der Waals surface area contributed by atoms with Gasteiger partial charge in [0, 0.05) is 5.92 Å². The van der Waals surface area contributed by atoms with Gasteiger partial charge in [0.15, 0.2) is 0 Å². The van der Waals surface area contributed by atoms with Gasteiger partial charge >= 0.3 is 5.97 Å². The summed E-state index contributed by atoms with van der Waals surface area (Å²) in [5, 5.41) is 0. The molecular weight excluding hydrogens is 247 g/mol. The number of hydrogen-bond acceptors (Lipinski definition) is 3. The van der Waals surface area contributed by atoms with Crippen molar-refractivity contribution in [3.8, 4) is 0 Å². The number of carbonyl (C=O) groups excluding carboxylic acids is 1. The summed E-state index contributed by atoms with van der Waals surface area (Å²) in [5.41, 5.74) is 0.997. The molecule has 3 rings (SSSR count). The fraction of sp³-hybridized carbons (Fsp3) is 0.533. The zero-order valence-electron chi connectivity index (χ0n) is 10.8. The fourth-order valence-corrected chi connectivity index (χ4v) is 3.37. The number of methoxy groups -OCH3 is 1. The fourth-order valence-electron chi connectivity index (χ4n) is 3.37. The quantitative estimate of drug-likeness (QED) is 0.770. The summed E-state index contributed by atoms with van der Waals surface area (Å²) in [6.45, 7) is 0. The van der Waals surface area contributed by atoms with E-state index in [1.807, 2.05) is 0 Å². The van der Waals surface area contributed by atoms with E-state index in [1.54, 1.807) is 12.1 Å². The van der Waals surface area contributed by atoms with Crippen molar-refractivity contribution in [2.75, 3.05) is 7.11 Å². The minimum Gasteiger partial charge on any atom is -0.469 e. The number of ether oxygens (including phenoxy) is 2. The Morgan fingerprint density at radius 2 is 2.05 bits per heavy atom. The Morgan fingerprint density at radius 1 is 1.32 bits per heavy atom. The summed E-state index contributed by atoms with van der Waals surface area (Å²) < 4.78 is 23.8. The molecule has 1 aromatic carbocycles. The Kier molecular flexibility index (Phi) is 3.27. The van der Waals surface area contributed by atoms with Gasteiger partial charge in [0.05, 0.1) is 25.2 Å². The van der Waals surface area contributed by atoms with Gasteiger partial charge in [-0.15, -0.1) is 0 Å². The molecule has 3 nitrogen and oxygen atoms in total. The summed E-state index contributed by atoms with van der Waals surface area (Å²) in [4.78, 5) is 12.0. The van der Waals surface area contributed by atoms with Crippen LogP contribution in [0.4, 0.5) is 4.39 Å². The first-order chi connectivity index (χ1) is 9.19. The molecule has 0 radical (unpaired) electrons. The van der Waals surface area contributed by atoms with Gasteiger partial charge in [-0.2, -0.15) is 0 Å². The highest BCUT2D eigenvalue weighted by Crippen LogP contribution is 2.45. The molecule has 0 saturated carbocycles. The van der Waals surface area contributed by atoms with Gasteiger partial charge in [-0.25, -0.2) is 4.39 Å². The summed E-state index contributed by atoms with van der Waals surface area (Å²) in [6.07, 6.45) is 2.88. The number of carbonyl (C=O) groups is 1. The monoisotopic (exact) mass is 264 g/mol. The summed E-state index contributed by atoms with van der Waals surface area (Å²) >= 11 is 0. The average Bonchev–Trinajstić information content (AvgIpc) is 2.80. The zero-order chi connectivity index (χ0) is 13.4. The van der Waals surface area contributed by atoms with Crippen LogP contribution in [-0.2, 0) is 14.3 Å². The predicted molar refractivity (Wildman–Crippen MR) is 67.2 cm³/mol. The minimum absolute atomic E-state index is 0.0544. The third-order valence-electron chi connectivity index (χ3n) is 4.26. The number of fused-ring (bicyclic) bond motifs is 2. The Labute approximate surface area is 111 Å². The molecule has 0 aromatic heterocycles. The highest BCUT2D eigenvalue weighted by molar-refractivity contribution is 5.74. The van der Waals surface area contributed by atoms with Crippen LogP contribution in [0.3, 0.4) is 0 Å². The van der Waals surface area contributed by atoms with Crippen LogP contribution in [0, 0.1) is 11.7 Å². The van der Waals surface area contributed by atoms with E-state index >= 15 is 0 Å². The van der Waals surface area contributed by atoms with Crippen LogP contribution >= 0.6 is 0 Å². The lowest BCUT2D eigenvalue weighted by molar-refractivity contribution is -0.156. The van der Waals surface area contributed by atoms with Crippen molar-refractivity contribution in [1.82, 2.24) is 0 Å². The van der Waals surface area contributed by atoms with E-state index in [1.165, 1.54) is 19.2 Å². The Hall–Kier alpha value is -1.42. The highest BCUT2D eigenvalue weighted by atomic mass is 19.1. The lowest BCUT2D eigenvalue weighted by atomic mass is 9.79. The molecule has 0 amide bonds. The molecule has 2 saturated heterocycles. The van der Waals surface area contributed by atoms with Crippen molar-refractivity contribution in [1.29, 1.82) is 0 Å². The second kappa shape index (κ2) is 4.93. The molecule has 2 heterocycles. The van der Waals surface area contributed by atoms with Gasteiger partial charge in [-0.05, 0) is 37.0 Å². The Balaban J connectivity index is 1.92. The van der Waals surface area contributed by atoms with Gasteiger partial charge < -0.3 is 9.47 Å². The third-order valence-corrected chi connectivity index (χ3v) is 4.26. The topological polar surface area (TPSA) is 35.5 Å². The SMILES string of the molecule is COC(=O)[C@@H]1[C@H]2CCC(C[C@H]1c1ccc(F)cc1)O2. The first kappa shape index (κ1) is 12.6. The van der Waals surface area contributed by atoms with Crippen molar-refractivity contribution in [2.24, 2.45) is 5.92 Å². The first-order valence-electron chi connectivity index (χ1n) is 6.68. The van der Waals surface area contributed by atoms with Gasteiger partial charge in [-0.1, -0.05) is 12.1 Å². The smallest absolute Gasteiger partial charge is 0.311 e. The molecule has 2 bridgehead atoms. The molecule has 1 aromatic rings. The molecule has 4 atom stereocenters. The molecule has 0 N–H and O–H groups in total. The van der Waals surface area contributed by atoms with Crippen LogP contribution in [0.2, 0.25) is 0 Å².